The molecule has 1 N–H and O–H groups in total. The summed E-state index contributed by atoms with van der Waals surface area (Å²) in [5, 5.41) is 3.39. The summed E-state index contributed by atoms with van der Waals surface area (Å²) in [4.78, 5) is 2.50. The van der Waals surface area contributed by atoms with E-state index < -0.39 is 0 Å². The van der Waals surface area contributed by atoms with Gasteiger partial charge in [0.25, 0.3) is 0 Å². The molecule has 128 valence electrons. The van der Waals surface area contributed by atoms with E-state index in [-0.39, 0.29) is 6.10 Å². The molecule has 0 radical (unpaired) electrons. The van der Waals surface area contributed by atoms with Crippen molar-refractivity contribution in [1.82, 2.24) is 10.2 Å². The highest BCUT2D eigenvalue weighted by atomic mass is 16.5. The first-order chi connectivity index (χ1) is 11.4. The fraction of sp³-hybridized carbons (Fsp3) is 0.667. The summed E-state index contributed by atoms with van der Waals surface area (Å²) in [5.41, 5.74) is 1.22. The summed E-state index contributed by atoms with van der Waals surface area (Å²) < 4.78 is 17.3. The number of hydrogen-bond acceptors (Lipinski definition) is 5. The molecular formula is C18H28N2O3. The van der Waals surface area contributed by atoms with Gasteiger partial charge in [-0.05, 0) is 30.9 Å². The van der Waals surface area contributed by atoms with Crippen LogP contribution < -0.4 is 14.8 Å². The van der Waals surface area contributed by atoms with Crippen molar-refractivity contribution in [1.29, 1.82) is 0 Å². The van der Waals surface area contributed by atoms with Crippen LogP contribution in [0.1, 0.15) is 18.4 Å². The van der Waals surface area contributed by atoms with E-state index in [1.807, 2.05) is 6.07 Å². The van der Waals surface area contributed by atoms with Crippen LogP contribution in [0.2, 0.25) is 0 Å². The Labute approximate surface area is 138 Å². The Bertz CT molecular complexity index is 483. The maximum Gasteiger partial charge on any atom is 0.163 e. The number of rotatable bonds is 6. The summed E-state index contributed by atoms with van der Waals surface area (Å²) in [6, 6.07) is 6.21. The van der Waals surface area contributed by atoms with E-state index in [0.29, 0.717) is 6.61 Å². The van der Waals surface area contributed by atoms with Crippen molar-refractivity contribution >= 4 is 0 Å². The lowest BCUT2D eigenvalue weighted by molar-refractivity contribution is 0.00639. The lowest BCUT2D eigenvalue weighted by Crippen LogP contribution is -2.44. The van der Waals surface area contributed by atoms with Gasteiger partial charge in [-0.15, -0.1) is 0 Å². The third kappa shape index (κ3) is 4.59. The third-order valence-electron chi connectivity index (χ3n) is 4.58. The first kappa shape index (κ1) is 16.6. The van der Waals surface area contributed by atoms with Crippen molar-refractivity contribution < 1.29 is 14.2 Å². The Morgan fingerprint density at radius 3 is 2.91 bits per heavy atom. The maximum absolute atomic E-state index is 6.14. The van der Waals surface area contributed by atoms with Crippen molar-refractivity contribution in [2.75, 3.05) is 53.0 Å². The fourth-order valence-electron chi connectivity index (χ4n) is 3.28. The first-order valence-electron chi connectivity index (χ1n) is 8.70. The van der Waals surface area contributed by atoms with Gasteiger partial charge in [-0.3, -0.25) is 0 Å². The normalized spacial score (nSPS) is 22.7. The number of benzene rings is 1. The molecule has 2 heterocycles. The number of nitrogens with one attached hydrogen (secondary N) is 1. The molecule has 1 aromatic rings. The standard InChI is InChI=1S/C18H28N2O3/c1-21-18-15(7-10-20-11-8-19-9-12-20)4-2-6-17(18)23-16-5-3-13-22-14-16/h2,4,6,16,19H,3,5,7-14H2,1H3. The Morgan fingerprint density at radius 2 is 2.17 bits per heavy atom. The van der Waals surface area contributed by atoms with Crippen LogP contribution in [0, 0.1) is 0 Å². The van der Waals surface area contributed by atoms with Gasteiger partial charge in [0.1, 0.15) is 6.10 Å². The highest BCUT2D eigenvalue weighted by Crippen LogP contribution is 2.33. The second kappa shape index (κ2) is 8.52. The van der Waals surface area contributed by atoms with Crippen LogP contribution in [0.3, 0.4) is 0 Å². The molecule has 0 aliphatic carbocycles. The van der Waals surface area contributed by atoms with Crippen LogP contribution >= 0.6 is 0 Å². The minimum Gasteiger partial charge on any atom is -0.493 e. The topological polar surface area (TPSA) is 43.0 Å². The van der Waals surface area contributed by atoms with E-state index >= 15 is 0 Å². The first-order valence-corrected chi connectivity index (χ1v) is 8.70. The average Bonchev–Trinajstić information content (AvgIpc) is 2.62. The Kier molecular flexibility index (Phi) is 6.13. The molecule has 0 saturated carbocycles. The van der Waals surface area contributed by atoms with Gasteiger partial charge in [0.15, 0.2) is 11.5 Å². The van der Waals surface area contributed by atoms with Crippen LogP contribution in [0.5, 0.6) is 11.5 Å². The van der Waals surface area contributed by atoms with Crippen LogP contribution in [-0.2, 0) is 11.2 Å². The molecule has 2 aliphatic rings. The number of piperazine rings is 1. The van der Waals surface area contributed by atoms with E-state index in [2.05, 4.69) is 22.3 Å². The molecule has 1 atom stereocenters. The Hall–Kier alpha value is -1.30. The fourth-order valence-corrected chi connectivity index (χ4v) is 3.28. The molecule has 2 saturated heterocycles. The second-order valence-corrected chi connectivity index (χ2v) is 6.25. The Balaban J connectivity index is 1.63. The maximum atomic E-state index is 6.14. The van der Waals surface area contributed by atoms with Crippen LogP contribution in [-0.4, -0.2) is 64.1 Å². The van der Waals surface area contributed by atoms with Gasteiger partial charge < -0.3 is 24.4 Å². The van der Waals surface area contributed by atoms with Gasteiger partial charge in [0.05, 0.1) is 13.7 Å². The summed E-state index contributed by atoms with van der Waals surface area (Å²) in [6.07, 6.45) is 3.24. The second-order valence-electron chi connectivity index (χ2n) is 6.25. The highest BCUT2D eigenvalue weighted by Gasteiger charge is 2.19. The van der Waals surface area contributed by atoms with E-state index in [4.69, 9.17) is 14.2 Å². The van der Waals surface area contributed by atoms with Crippen molar-refractivity contribution in [2.24, 2.45) is 0 Å². The molecule has 0 aromatic heterocycles. The number of para-hydroxylation sites is 1. The largest absolute Gasteiger partial charge is 0.493 e. The van der Waals surface area contributed by atoms with Crippen LogP contribution in [0.15, 0.2) is 18.2 Å². The molecule has 2 fully saturated rings. The zero-order valence-corrected chi connectivity index (χ0v) is 14.1. The number of hydrogen-bond donors (Lipinski definition) is 1. The smallest absolute Gasteiger partial charge is 0.163 e. The molecule has 2 aliphatic heterocycles. The van der Waals surface area contributed by atoms with Gasteiger partial charge in [-0.1, -0.05) is 12.1 Å². The average molecular weight is 320 g/mol. The zero-order valence-electron chi connectivity index (χ0n) is 14.1. The Morgan fingerprint density at radius 1 is 1.30 bits per heavy atom. The molecule has 0 bridgehead atoms. The number of ether oxygens (including phenoxy) is 3. The molecular weight excluding hydrogens is 292 g/mol. The summed E-state index contributed by atoms with van der Waals surface area (Å²) in [6.45, 7) is 7.00. The lowest BCUT2D eigenvalue weighted by Gasteiger charge is -2.28. The van der Waals surface area contributed by atoms with E-state index in [1.54, 1.807) is 7.11 Å². The van der Waals surface area contributed by atoms with Gasteiger partial charge in [-0.25, -0.2) is 0 Å². The predicted octanol–water partition coefficient (Wildman–Crippen LogP) is 1.70. The van der Waals surface area contributed by atoms with Crippen molar-refractivity contribution in [3.05, 3.63) is 23.8 Å². The zero-order chi connectivity index (χ0) is 15.9. The highest BCUT2D eigenvalue weighted by molar-refractivity contribution is 5.47. The van der Waals surface area contributed by atoms with Gasteiger partial charge in [0, 0.05) is 39.3 Å². The molecule has 1 aromatic carbocycles. The monoisotopic (exact) mass is 320 g/mol. The molecule has 23 heavy (non-hydrogen) atoms. The molecule has 1 unspecified atom stereocenters. The van der Waals surface area contributed by atoms with E-state index in [9.17, 15) is 0 Å². The molecule has 0 amide bonds. The number of nitrogens with zero attached hydrogens (tertiary/aromatic N) is 1. The SMILES string of the molecule is COc1c(CCN2CCNCC2)cccc1OC1CCCOC1. The van der Waals surface area contributed by atoms with Crippen LogP contribution in [0.4, 0.5) is 0 Å². The quantitative estimate of drug-likeness (QED) is 0.864. The number of methoxy groups -OCH3 is 1. The van der Waals surface area contributed by atoms with Gasteiger partial charge in [-0.2, -0.15) is 0 Å². The molecule has 5 heteroatoms. The summed E-state index contributed by atoms with van der Waals surface area (Å²) in [7, 11) is 1.73. The van der Waals surface area contributed by atoms with Gasteiger partial charge >= 0.3 is 0 Å². The predicted molar refractivity (Wildman–Crippen MR) is 90.5 cm³/mol. The minimum atomic E-state index is 0.140. The molecule has 5 nitrogen and oxygen atoms in total. The third-order valence-corrected chi connectivity index (χ3v) is 4.58. The van der Waals surface area contributed by atoms with Crippen LogP contribution in [0.25, 0.3) is 0 Å². The molecule has 3 rings (SSSR count). The van der Waals surface area contributed by atoms with E-state index in [0.717, 1.165) is 70.1 Å². The van der Waals surface area contributed by atoms with Crippen molar-refractivity contribution in [3.8, 4) is 11.5 Å². The lowest BCUT2D eigenvalue weighted by atomic mass is 10.1. The van der Waals surface area contributed by atoms with Gasteiger partial charge in [0.2, 0.25) is 0 Å². The molecule has 0 spiro atoms. The van der Waals surface area contributed by atoms with E-state index in [1.165, 1.54) is 5.56 Å². The van der Waals surface area contributed by atoms with Crippen molar-refractivity contribution in [3.63, 3.8) is 0 Å². The minimum absolute atomic E-state index is 0.140. The summed E-state index contributed by atoms with van der Waals surface area (Å²) >= 11 is 0. The van der Waals surface area contributed by atoms with Crippen molar-refractivity contribution in [2.45, 2.75) is 25.4 Å². The summed E-state index contributed by atoms with van der Waals surface area (Å²) in [5.74, 6) is 1.73.